The first kappa shape index (κ1) is 14.2. The molecule has 20 heavy (non-hydrogen) atoms. The van der Waals surface area contributed by atoms with Gasteiger partial charge in [-0.2, -0.15) is 0 Å². The summed E-state index contributed by atoms with van der Waals surface area (Å²) in [5.41, 5.74) is 8.99. The summed E-state index contributed by atoms with van der Waals surface area (Å²) >= 11 is 0. The molecule has 2 aromatic rings. The van der Waals surface area contributed by atoms with Gasteiger partial charge in [0, 0.05) is 17.7 Å². The average molecular weight is 271 g/mol. The molecule has 0 fully saturated rings. The van der Waals surface area contributed by atoms with Crippen LogP contribution in [0.1, 0.15) is 42.4 Å². The summed E-state index contributed by atoms with van der Waals surface area (Å²) in [5, 5.41) is 3.31. The molecule has 0 saturated heterocycles. The first-order chi connectivity index (χ1) is 9.49. The van der Waals surface area contributed by atoms with Gasteiger partial charge in [-0.25, -0.2) is 9.97 Å². The van der Waals surface area contributed by atoms with Crippen LogP contribution >= 0.6 is 0 Å². The van der Waals surface area contributed by atoms with Crippen molar-refractivity contribution in [2.24, 2.45) is 0 Å². The molecule has 0 radical (unpaired) electrons. The second-order valence-corrected chi connectivity index (χ2v) is 5.22. The van der Waals surface area contributed by atoms with Crippen LogP contribution < -0.4 is 11.1 Å². The molecule has 5 nitrogen and oxygen atoms in total. The molecule has 2 aromatic heterocycles. The monoisotopic (exact) mass is 271 g/mol. The van der Waals surface area contributed by atoms with Gasteiger partial charge in [0.15, 0.2) is 0 Å². The molecule has 0 amide bonds. The van der Waals surface area contributed by atoms with E-state index in [9.17, 15) is 0 Å². The van der Waals surface area contributed by atoms with Gasteiger partial charge in [0.05, 0.1) is 12.2 Å². The molecule has 106 valence electrons. The molecule has 0 aromatic carbocycles. The minimum absolute atomic E-state index is 0.245. The number of nitrogens with one attached hydrogen (secondary N) is 1. The fourth-order valence-electron chi connectivity index (χ4n) is 1.85. The largest absolute Gasteiger partial charge is 0.383 e. The maximum atomic E-state index is 5.95. The van der Waals surface area contributed by atoms with Crippen molar-refractivity contribution >= 4 is 11.6 Å². The molecule has 2 heterocycles. The number of rotatable bonds is 4. The Morgan fingerprint density at radius 2 is 2.00 bits per heavy atom. The third kappa shape index (κ3) is 3.04. The van der Waals surface area contributed by atoms with Crippen molar-refractivity contribution in [3.63, 3.8) is 0 Å². The Balaban J connectivity index is 2.23. The van der Waals surface area contributed by atoms with Crippen LogP contribution in [0.15, 0.2) is 18.3 Å². The Labute approximate surface area is 119 Å². The van der Waals surface area contributed by atoms with Gasteiger partial charge < -0.3 is 11.1 Å². The lowest BCUT2D eigenvalue weighted by Crippen LogP contribution is -2.11. The van der Waals surface area contributed by atoms with Crippen LogP contribution in [0.3, 0.4) is 0 Å². The van der Waals surface area contributed by atoms with Crippen LogP contribution in [0.4, 0.5) is 11.6 Å². The third-order valence-corrected chi connectivity index (χ3v) is 3.26. The summed E-state index contributed by atoms with van der Waals surface area (Å²) in [6, 6.07) is 3.98. The summed E-state index contributed by atoms with van der Waals surface area (Å²) < 4.78 is 0. The summed E-state index contributed by atoms with van der Waals surface area (Å²) in [6.45, 7) is 8.70. The van der Waals surface area contributed by atoms with Crippen molar-refractivity contribution in [3.8, 4) is 0 Å². The zero-order valence-corrected chi connectivity index (χ0v) is 12.4. The Morgan fingerprint density at radius 1 is 1.25 bits per heavy atom. The minimum Gasteiger partial charge on any atom is -0.383 e. The molecule has 2 rings (SSSR count). The van der Waals surface area contributed by atoms with Crippen LogP contribution in [-0.2, 0) is 6.54 Å². The van der Waals surface area contributed by atoms with Gasteiger partial charge in [-0.05, 0) is 25.5 Å². The van der Waals surface area contributed by atoms with Gasteiger partial charge in [0.25, 0.3) is 0 Å². The smallest absolute Gasteiger partial charge is 0.135 e. The number of hydrogen-bond donors (Lipinski definition) is 2. The van der Waals surface area contributed by atoms with Crippen LogP contribution in [0.2, 0.25) is 0 Å². The third-order valence-electron chi connectivity index (χ3n) is 3.26. The molecule has 0 bridgehead atoms. The van der Waals surface area contributed by atoms with E-state index >= 15 is 0 Å². The van der Waals surface area contributed by atoms with Gasteiger partial charge in [-0.15, -0.1) is 0 Å². The van der Waals surface area contributed by atoms with Crippen LogP contribution in [-0.4, -0.2) is 15.0 Å². The Kier molecular flexibility index (Phi) is 4.17. The van der Waals surface area contributed by atoms with Gasteiger partial charge >= 0.3 is 0 Å². The highest BCUT2D eigenvalue weighted by molar-refractivity contribution is 5.55. The maximum Gasteiger partial charge on any atom is 0.135 e. The standard InChI is InChI=1S/C15H21N5/c1-9(2)14-19-13(16)11(4)15(20-14)18-8-12-10(3)6-5-7-17-12/h5-7,9H,8H2,1-4H3,(H3,16,18,19,20). The van der Waals surface area contributed by atoms with Crippen molar-refractivity contribution in [3.05, 3.63) is 41.0 Å². The number of aryl methyl sites for hydroxylation is 1. The quantitative estimate of drug-likeness (QED) is 0.894. The van der Waals surface area contributed by atoms with E-state index in [4.69, 9.17) is 5.73 Å². The number of nitrogen functional groups attached to an aromatic ring is 1. The van der Waals surface area contributed by atoms with E-state index in [0.29, 0.717) is 12.4 Å². The molecule has 0 saturated carbocycles. The lowest BCUT2D eigenvalue weighted by atomic mass is 10.2. The van der Waals surface area contributed by atoms with Crippen molar-refractivity contribution < 1.29 is 0 Å². The molecule has 0 atom stereocenters. The number of aromatic nitrogens is 3. The van der Waals surface area contributed by atoms with Crippen molar-refractivity contribution in [1.82, 2.24) is 15.0 Å². The molecule has 0 aliphatic carbocycles. The highest BCUT2D eigenvalue weighted by Crippen LogP contribution is 2.21. The predicted octanol–water partition coefficient (Wildman–Crippen LogP) is 2.81. The van der Waals surface area contributed by atoms with Crippen LogP contribution in [0.5, 0.6) is 0 Å². The summed E-state index contributed by atoms with van der Waals surface area (Å²) in [7, 11) is 0. The van der Waals surface area contributed by atoms with E-state index in [1.54, 1.807) is 6.20 Å². The van der Waals surface area contributed by atoms with E-state index < -0.39 is 0 Å². The molecule has 0 spiro atoms. The molecule has 0 aliphatic heterocycles. The van der Waals surface area contributed by atoms with Gasteiger partial charge in [-0.1, -0.05) is 19.9 Å². The first-order valence-electron chi connectivity index (χ1n) is 6.77. The molecule has 5 heteroatoms. The van der Waals surface area contributed by atoms with Crippen molar-refractivity contribution in [2.75, 3.05) is 11.1 Å². The molecule has 3 N–H and O–H groups in total. The Morgan fingerprint density at radius 3 is 2.65 bits per heavy atom. The van der Waals surface area contributed by atoms with Gasteiger partial charge in [0.2, 0.25) is 0 Å². The molecule has 0 unspecified atom stereocenters. The molecular weight excluding hydrogens is 250 g/mol. The Hall–Kier alpha value is -2.17. The van der Waals surface area contributed by atoms with Gasteiger partial charge in [-0.3, -0.25) is 4.98 Å². The normalized spacial score (nSPS) is 10.8. The van der Waals surface area contributed by atoms with Crippen LogP contribution in [0, 0.1) is 13.8 Å². The van der Waals surface area contributed by atoms with Crippen molar-refractivity contribution in [1.29, 1.82) is 0 Å². The van der Waals surface area contributed by atoms with E-state index in [-0.39, 0.29) is 5.92 Å². The highest BCUT2D eigenvalue weighted by atomic mass is 15.1. The second-order valence-electron chi connectivity index (χ2n) is 5.22. The minimum atomic E-state index is 0.245. The van der Waals surface area contributed by atoms with E-state index in [1.165, 1.54) is 0 Å². The predicted molar refractivity (Wildman–Crippen MR) is 81.6 cm³/mol. The number of anilines is 2. The molecular formula is C15H21N5. The van der Waals surface area contributed by atoms with E-state index in [1.807, 2.05) is 26.0 Å². The highest BCUT2D eigenvalue weighted by Gasteiger charge is 2.11. The Bertz CT molecular complexity index is 607. The SMILES string of the molecule is Cc1cccnc1CNc1nc(C(C)C)nc(N)c1C. The number of nitrogens with zero attached hydrogens (tertiary/aromatic N) is 3. The fourth-order valence-corrected chi connectivity index (χ4v) is 1.85. The average Bonchev–Trinajstić information content (AvgIpc) is 2.41. The lowest BCUT2D eigenvalue weighted by Gasteiger charge is -2.13. The van der Waals surface area contributed by atoms with Crippen molar-refractivity contribution in [2.45, 2.75) is 40.2 Å². The number of hydrogen-bond acceptors (Lipinski definition) is 5. The summed E-state index contributed by atoms with van der Waals surface area (Å²) in [4.78, 5) is 13.2. The van der Waals surface area contributed by atoms with E-state index in [0.717, 1.165) is 28.5 Å². The first-order valence-corrected chi connectivity index (χ1v) is 6.77. The topological polar surface area (TPSA) is 76.7 Å². The van der Waals surface area contributed by atoms with E-state index in [2.05, 4.69) is 34.1 Å². The maximum absolute atomic E-state index is 5.95. The van der Waals surface area contributed by atoms with Gasteiger partial charge in [0.1, 0.15) is 17.5 Å². The second kappa shape index (κ2) is 5.86. The molecule has 0 aliphatic rings. The summed E-state index contributed by atoms with van der Waals surface area (Å²) in [5.74, 6) is 2.32. The summed E-state index contributed by atoms with van der Waals surface area (Å²) in [6.07, 6.45) is 1.80. The van der Waals surface area contributed by atoms with Crippen LogP contribution in [0.25, 0.3) is 0 Å². The fraction of sp³-hybridized carbons (Fsp3) is 0.400. The zero-order valence-electron chi connectivity index (χ0n) is 12.4. The lowest BCUT2D eigenvalue weighted by molar-refractivity contribution is 0.774. The number of nitrogens with two attached hydrogens (primary N) is 1. The zero-order chi connectivity index (χ0) is 14.7. The number of pyridine rings is 1.